The Balaban J connectivity index is 1.52. The lowest BCUT2D eigenvalue weighted by Crippen LogP contribution is -2.31. The molecule has 0 aliphatic carbocycles. The maximum atomic E-state index is 13.8. The second-order valence-electron chi connectivity index (χ2n) is 6.07. The van der Waals surface area contributed by atoms with Gasteiger partial charge in [-0.2, -0.15) is 0 Å². The zero-order valence-electron chi connectivity index (χ0n) is 13.5. The normalized spacial score (nSPS) is 14.3. The van der Waals surface area contributed by atoms with Crippen molar-refractivity contribution in [3.8, 4) is 11.4 Å². The summed E-state index contributed by atoms with van der Waals surface area (Å²) in [4.78, 5) is 15.5. The molecule has 25 heavy (non-hydrogen) atoms. The summed E-state index contributed by atoms with van der Waals surface area (Å²) in [5.41, 5.74) is 3.56. The summed E-state index contributed by atoms with van der Waals surface area (Å²) in [6.45, 7) is 2.01. The van der Waals surface area contributed by atoms with Gasteiger partial charge in [0.15, 0.2) is 5.82 Å². The smallest absolute Gasteiger partial charge is 0.159 e. The highest BCUT2D eigenvalue weighted by Gasteiger charge is 2.20. The number of hydrogen-bond donors (Lipinski definition) is 0. The molecule has 0 saturated carbocycles. The molecule has 0 N–H and O–H groups in total. The topological polar surface area (TPSA) is 41.9 Å². The molecule has 0 amide bonds. The number of rotatable bonds is 3. The van der Waals surface area contributed by atoms with Gasteiger partial charge >= 0.3 is 0 Å². The van der Waals surface area contributed by atoms with Crippen LogP contribution in [0.3, 0.4) is 0 Å². The predicted molar refractivity (Wildman–Crippen MR) is 94.5 cm³/mol. The molecule has 0 spiro atoms. The van der Waals surface area contributed by atoms with Crippen LogP contribution in [-0.2, 0) is 19.5 Å². The fourth-order valence-corrected chi connectivity index (χ4v) is 3.12. The molecule has 0 saturated heterocycles. The third-order valence-electron chi connectivity index (χ3n) is 4.32. The van der Waals surface area contributed by atoms with E-state index < -0.39 is 0 Å². The standard InChI is InChI=1S/C19H16ClFN4/c20-15-5-3-13(4-6-15)19-23-10-14-11-25(9-7-17(14)24-19)12-18-16(21)2-1-8-22-18/h1-6,8,10H,7,9,11-12H2. The van der Waals surface area contributed by atoms with E-state index in [0.717, 1.165) is 29.8 Å². The highest BCUT2D eigenvalue weighted by Crippen LogP contribution is 2.23. The van der Waals surface area contributed by atoms with Crippen molar-refractivity contribution in [1.82, 2.24) is 19.9 Å². The summed E-state index contributed by atoms with van der Waals surface area (Å²) >= 11 is 5.93. The molecule has 0 bridgehead atoms. The molecule has 126 valence electrons. The van der Waals surface area contributed by atoms with Gasteiger partial charge in [-0.25, -0.2) is 14.4 Å². The molecule has 2 aromatic heterocycles. The van der Waals surface area contributed by atoms with E-state index in [9.17, 15) is 4.39 Å². The molecule has 6 heteroatoms. The zero-order valence-corrected chi connectivity index (χ0v) is 14.2. The summed E-state index contributed by atoms with van der Waals surface area (Å²) in [6.07, 6.45) is 4.30. The van der Waals surface area contributed by atoms with E-state index in [1.807, 2.05) is 30.5 Å². The summed E-state index contributed by atoms with van der Waals surface area (Å²) in [7, 11) is 0. The third kappa shape index (κ3) is 3.52. The van der Waals surface area contributed by atoms with Crippen molar-refractivity contribution >= 4 is 11.6 Å². The van der Waals surface area contributed by atoms with Gasteiger partial charge < -0.3 is 0 Å². The highest BCUT2D eigenvalue weighted by atomic mass is 35.5. The number of pyridine rings is 1. The van der Waals surface area contributed by atoms with Gasteiger partial charge in [0.2, 0.25) is 0 Å². The minimum Gasteiger partial charge on any atom is -0.293 e. The van der Waals surface area contributed by atoms with Crippen LogP contribution in [0.1, 0.15) is 17.0 Å². The van der Waals surface area contributed by atoms with Crippen molar-refractivity contribution in [2.75, 3.05) is 6.54 Å². The van der Waals surface area contributed by atoms with E-state index in [4.69, 9.17) is 16.6 Å². The molecule has 3 aromatic rings. The number of benzene rings is 1. The summed E-state index contributed by atoms with van der Waals surface area (Å²) in [6, 6.07) is 10.6. The first-order valence-electron chi connectivity index (χ1n) is 8.11. The molecule has 4 nitrogen and oxygen atoms in total. The number of aromatic nitrogens is 3. The Bertz CT molecular complexity index is 898. The van der Waals surface area contributed by atoms with Gasteiger partial charge in [-0.05, 0) is 36.4 Å². The average molecular weight is 355 g/mol. The maximum Gasteiger partial charge on any atom is 0.159 e. The Kier molecular flexibility index (Phi) is 4.42. The van der Waals surface area contributed by atoms with Crippen LogP contribution in [0.4, 0.5) is 4.39 Å². The first-order chi connectivity index (χ1) is 12.2. The minimum absolute atomic E-state index is 0.261. The number of fused-ring (bicyclic) bond motifs is 1. The van der Waals surface area contributed by atoms with Crippen molar-refractivity contribution in [2.24, 2.45) is 0 Å². The molecule has 0 atom stereocenters. The van der Waals surface area contributed by atoms with Crippen LogP contribution in [0.25, 0.3) is 11.4 Å². The number of hydrogen-bond acceptors (Lipinski definition) is 4. The van der Waals surface area contributed by atoms with E-state index in [1.165, 1.54) is 6.07 Å². The van der Waals surface area contributed by atoms with Crippen molar-refractivity contribution < 1.29 is 4.39 Å². The Morgan fingerprint density at radius 2 is 1.96 bits per heavy atom. The zero-order chi connectivity index (χ0) is 17.2. The van der Waals surface area contributed by atoms with Crippen LogP contribution < -0.4 is 0 Å². The molecule has 3 heterocycles. The molecule has 1 aliphatic heterocycles. The largest absolute Gasteiger partial charge is 0.293 e. The van der Waals surface area contributed by atoms with Crippen LogP contribution >= 0.6 is 11.6 Å². The molecule has 1 aromatic carbocycles. The Hall–Kier alpha value is -2.37. The summed E-state index contributed by atoms with van der Waals surface area (Å²) in [5.74, 6) is 0.447. The molecule has 0 fully saturated rings. The highest BCUT2D eigenvalue weighted by molar-refractivity contribution is 6.30. The monoisotopic (exact) mass is 354 g/mol. The fraction of sp³-hybridized carbons (Fsp3) is 0.211. The van der Waals surface area contributed by atoms with Crippen LogP contribution in [0.15, 0.2) is 48.8 Å². The van der Waals surface area contributed by atoms with E-state index in [1.54, 1.807) is 12.3 Å². The molecule has 1 aliphatic rings. The van der Waals surface area contributed by atoms with Gasteiger partial charge in [0, 0.05) is 54.6 Å². The van der Waals surface area contributed by atoms with Crippen molar-refractivity contribution in [3.05, 3.63) is 76.6 Å². The van der Waals surface area contributed by atoms with Crippen molar-refractivity contribution in [2.45, 2.75) is 19.5 Å². The second kappa shape index (κ2) is 6.86. The summed E-state index contributed by atoms with van der Waals surface area (Å²) < 4.78 is 13.8. The van der Waals surface area contributed by atoms with E-state index in [0.29, 0.717) is 29.6 Å². The van der Waals surface area contributed by atoms with Crippen LogP contribution in [0, 0.1) is 5.82 Å². The van der Waals surface area contributed by atoms with Crippen LogP contribution in [-0.4, -0.2) is 26.4 Å². The van der Waals surface area contributed by atoms with Gasteiger partial charge in [0.05, 0.1) is 11.4 Å². The molecular formula is C19H16ClFN4. The van der Waals surface area contributed by atoms with Gasteiger partial charge in [-0.1, -0.05) is 11.6 Å². The lowest BCUT2D eigenvalue weighted by Gasteiger charge is -2.27. The lowest BCUT2D eigenvalue weighted by molar-refractivity contribution is 0.236. The van der Waals surface area contributed by atoms with Crippen LogP contribution in [0.5, 0.6) is 0 Å². The Morgan fingerprint density at radius 1 is 1.12 bits per heavy atom. The molecular weight excluding hydrogens is 339 g/mol. The van der Waals surface area contributed by atoms with E-state index >= 15 is 0 Å². The predicted octanol–water partition coefficient (Wildman–Crippen LogP) is 3.89. The molecule has 4 rings (SSSR count). The van der Waals surface area contributed by atoms with Gasteiger partial charge in [0.25, 0.3) is 0 Å². The fourth-order valence-electron chi connectivity index (χ4n) is 2.99. The van der Waals surface area contributed by atoms with Gasteiger partial charge in [-0.3, -0.25) is 9.88 Å². The van der Waals surface area contributed by atoms with Crippen molar-refractivity contribution in [3.63, 3.8) is 0 Å². The van der Waals surface area contributed by atoms with Crippen LogP contribution in [0.2, 0.25) is 5.02 Å². The third-order valence-corrected chi connectivity index (χ3v) is 4.58. The van der Waals surface area contributed by atoms with Gasteiger partial charge in [0.1, 0.15) is 5.82 Å². The quantitative estimate of drug-likeness (QED) is 0.715. The minimum atomic E-state index is -0.261. The maximum absolute atomic E-state index is 13.8. The average Bonchev–Trinajstić information content (AvgIpc) is 2.64. The Morgan fingerprint density at radius 3 is 2.76 bits per heavy atom. The second-order valence-corrected chi connectivity index (χ2v) is 6.50. The number of nitrogens with zero attached hydrogens (tertiary/aromatic N) is 4. The van der Waals surface area contributed by atoms with E-state index in [2.05, 4.69) is 14.9 Å². The van der Waals surface area contributed by atoms with E-state index in [-0.39, 0.29) is 5.82 Å². The summed E-state index contributed by atoms with van der Waals surface area (Å²) in [5, 5.41) is 0.694. The van der Waals surface area contributed by atoms with Crippen molar-refractivity contribution in [1.29, 1.82) is 0 Å². The number of halogens is 2. The SMILES string of the molecule is Fc1cccnc1CN1CCc2nc(-c3ccc(Cl)cc3)ncc2C1. The lowest BCUT2D eigenvalue weighted by atomic mass is 10.1. The first kappa shape index (κ1) is 16.1. The molecule has 0 unspecified atom stereocenters. The Labute approximate surface area is 150 Å². The molecule has 0 radical (unpaired) electrons. The first-order valence-corrected chi connectivity index (χ1v) is 8.49. The van der Waals surface area contributed by atoms with Gasteiger partial charge in [-0.15, -0.1) is 0 Å².